The third-order valence-corrected chi connectivity index (χ3v) is 10.5. The molecule has 4 rings (SSSR count). The van der Waals surface area contributed by atoms with E-state index in [4.69, 9.17) is 11.6 Å². The van der Waals surface area contributed by atoms with E-state index in [2.05, 4.69) is 10.6 Å². The number of fused-ring (bicyclic) bond motifs is 2. The number of aliphatic hydroxyl groups is 3. The van der Waals surface area contributed by atoms with E-state index in [1.165, 1.54) is 37.3 Å². The maximum atomic E-state index is 13.8. The Morgan fingerprint density at radius 3 is 2.36 bits per heavy atom. The average Bonchev–Trinajstić information content (AvgIpc) is 3.01. The number of anilines is 1. The van der Waals surface area contributed by atoms with Crippen LogP contribution in [0.4, 0.5) is 10.1 Å². The number of nitrogens with one attached hydrogen (secondary N) is 2. The normalized spacial score (nSPS) is 27.2. The first-order chi connectivity index (χ1) is 18.2. The molecule has 9 nitrogen and oxygen atoms in total. The molecular formula is C27H32ClFN2O7S. The molecule has 2 amide bonds. The summed E-state index contributed by atoms with van der Waals surface area (Å²) < 4.78 is 41.1. The van der Waals surface area contributed by atoms with Crippen molar-refractivity contribution in [2.45, 2.75) is 67.5 Å². The molecule has 2 aliphatic carbocycles. The Morgan fingerprint density at radius 2 is 1.77 bits per heavy atom. The number of benzene rings is 2. The number of aliphatic hydroxyl groups excluding tert-OH is 1. The van der Waals surface area contributed by atoms with E-state index in [9.17, 15) is 37.7 Å². The number of halogens is 2. The summed E-state index contributed by atoms with van der Waals surface area (Å²) in [4.78, 5) is 22.6. The molecular weight excluding hydrogens is 551 g/mol. The topological polar surface area (TPSA) is 153 Å². The lowest BCUT2D eigenvalue weighted by Gasteiger charge is -2.46. The van der Waals surface area contributed by atoms with Crippen molar-refractivity contribution < 1.29 is 37.7 Å². The summed E-state index contributed by atoms with van der Waals surface area (Å²) in [7, 11) is -4.51. The predicted molar refractivity (Wildman–Crippen MR) is 142 cm³/mol. The second-order valence-electron chi connectivity index (χ2n) is 10.7. The fraction of sp³-hybridized carbons (Fsp3) is 0.481. The van der Waals surface area contributed by atoms with Crippen molar-refractivity contribution in [3.63, 3.8) is 0 Å². The van der Waals surface area contributed by atoms with E-state index in [0.29, 0.717) is 24.1 Å². The summed E-state index contributed by atoms with van der Waals surface area (Å²) in [6, 6.07) is 7.70. The summed E-state index contributed by atoms with van der Waals surface area (Å²) in [5.41, 5.74) is -0.892. The fourth-order valence-electron chi connectivity index (χ4n) is 5.72. The van der Waals surface area contributed by atoms with Crippen molar-refractivity contribution in [3.05, 3.63) is 58.4 Å². The molecule has 39 heavy (non-hydrogen) atoms. The smallest absolute Gasteiger partial charge is 0.255 e. The molecule has 0 heterocycles. The van der Waals surface area contributed by atoms with Crippen molar-refractivity contribution in [3.8, 4) is 0 Å². The molecule has 0 aliphatic heterocycles. The highest BCUT2D eigenvalue weighted by atomic mass is 35.5. The van der Waals surface area contributed by atoms with Crippen molar-refractivity contribution in [2.24, 2.45) is 11.8 Å². The number of carbonyl (C=O) groups excluding carboxylic acids is 2. The summed E-state index contributed by atoms with van der Waals surface area (Å²) in [5.74, 6) is -2.89. The second kappa shape index (κ2) is 10.8. The highest BCUT2D eigenvalue weighted by molar-refractivity contribution is 7.92. The maximum absolute atomic E-state index is 13.8. The van der Waals surface area contributed by atoms with Crippen LogP contribution in [0.3, 0.4) is 0 Å². The Kier molecular flexibility index (Phi) is 8.13. The van der Waals surface area contributed by atoms with Crippen molar-refractivity contribution >= 4 is 38.9 Å². The molecule has 3 atom stereocenters. The van der Waals surface area contributed by atoms with Gasteiger partial charge in [0.25, 0.3) is 5.91 Å². The Balaban J connectivity index is 1.56. The Hall–Kier alpha value is -2.57. The first kappa shape index (κ1) is 29.4. The Labute approximate surface area is 231 Å². The minimum absolute atomic E-state index is 0.0196. The molecule has 12 heteroatoms. The first-order valence-corrected chi connectivity index (χ1v) is 14.5. The molecule has 2 bridgehead atoms. The fourth-order valence-corrected chi connectivity index (χ4v) is 8.00. The van der Waals surface area contributed by atoms with Gasteiger partial charge in [-0.2, -0.15) is 0 Å². The summed E-state index contributed by atoms with van der Waals surface area (Å²) in [5, 5.41) is 37.2. The number of hydrogen-bond donors (Lipinski definition) is 5. The Morgan fingerprint density at radius 1 is 1.13 bits per heavy atom. The van der Waals surface area contributed by atoms with Crippen LogP contribution in [-0.2, 0) is 14.6 Å². The number of amides is 2. The molecule has 2 aromatic rings. The number of sulfone groups is 1. The lowest BCUT2D eigenvalue weighted by Crippen LogP contribution is -2.56. The van der Waals surface area contributed by atoms with Crippen LogP contribution < -0.4 is 10.6 Å². The van der Waals surface area contributed by atoms with Gasteiger partial charge in [0.2, 0.25) is 15.7 Å². The average molecular weight is 583 g/mol. The standard InChI is InChI=1S/C27H32ClFN2O7S/c1-15-9-20(6-8-22(15)29)31-25(34)17-3-7-21(28)23(10-17)39(37,38)26(35)11-18-4-5-19(12-26)27(18,36)13-24(33)30-14-16(2)32/h3,6-10,16,18-19,32,35-36H,4-5,11-14H2,1-2H3,(H,30,33)(H,31,34)/t16-,18?,19?,26-,27-/m1/s1. The van der Waals surface area contributed by atoms with Gasteiger partial charge in [0.1, 0.15) is 5.82 Å². The molecule has 0 radical (unpaired) electrons. The number of aryl methyl sites for hydroxylation is 1. The molecule has 0 saturated heterocycles. The van der Waals surface area contributed by atoms with Gasteiger partial charge in [-0.3, -0.25) is 9.59 Å². The van der Waals surface area contributed by atoms with E-state index in [1.54, 1.807) is 6.92 Å². The van der Waals surface area contributed by atoms with Gasteiger partial charge >= 0.3 is 0 Å². The van der Waals surface area contributed by atoms with Crippen LogP contribution in [-0.4, -0.2) is 58.7 Å². The van der Waals surface area contributed by atoms with Gasteiger partial charge in [-0.15, -0.1) is 0 Å². The highest BCUT2D eigenvalue weighted by Gasteiger charge is 2.62. The van der Waals surface area contributed by atoms with E-state index >= 15 is 0 Å². The van der Waals surface area contributed by atoms with Crippen LogP contribution in [0.1, 0.15) is 54.9 Å². The maximum Gasteiger partial charge on any atom is 0.255 e. The Bertz CT molecular complexity index is 1380. The van der Waals surface area contributed by atoms with E-state index < -0.39 is 60.8 Å². The molecule has 2 unspecified atom stereocenters. The van der Waals surface area contributed by atoms with Crippen LogP contribution in [0.5, 0.6) is 0 Å². The third-order valence-electron chi connectivity index (χ3n) is 7.85. The molecule has 2 aromatic carbocycles. The van der Waals surface area contributed by atoms with Gasteiger partial charge in [0, 0.05) is 17.8 Å². The van der Waals surface area contributed by atoms with Gasteiger partial charge in [-0.25, -0.2) is 12.8 Å². The molecule has 2 aliphatic rings. The molecule has 0 aromatic heterocycles. The monoisotopic (exact) mass is 582 g/mol. The van der Waals surface area contributed by atoms with Crippen LogP contribution in [0.25, 0.3) is 0 Å². The van der Waals surface area contributed by atoms with Crippen LogP contribution in [0, 0.1) is 24.6 Å². The lowest BCUT2D eigenvalue weighted by molar-refractivity contribution is -0.140. The predicted octanol–water partition coefficient (Wildman–Crippen LogP) is 2.94. The molecule has 2 saturated carbocycles. The molecule has 2 fully saturated rings. The van der Waals surface area contributed by atoms with Gasteiger partial charge in [0.05, 0.1) is 28.0 Å². The summed E-state index contributed by atoms with van der Waals surface area (Å²) >= 11 is 6.25. The van der Waals surface area contributed by atoms with Gasteiger partial charge in [-0.05, 0) is 93.3 Å². The zero-order valence-electron chi connectivity index (χ0n) is 21.6. The lowest BCUT2D eigenvalue weighted by atomic mass is 9.71. The molecule has 5 N–H and O–H groups in total. The highest BCUT2D eigenvalue weighted by Crippen LogP contribution is 2.56. The SMILES string of the molecule is Cc1cc(NC(=O)c2ccc(Cl)c(S(=O)(=O)[C@]3(O)CC4CCC(C3)[C@@]4(O)CC(=O)NC[C@@H](C)O)c2)ccc1F. The molecule has 0 spiro atoms. The van der Waals surface area contributed by atoms with Crippen LogP contribution >= 0.6 is 11.6 Å². The summed E-state index contributed by atoms with van der Waals surface area (Å²) in [6.45, 7) is 3.07. The molecule has 212 valence electrons. The minimum atomic E-state index is -4.51. The minimum Gasteiger partial charge on any atom is -0.392 e. The van der Waals surface area contributed by atoms with Gasteiger partial charge in [-0.1, -0.05) is 11.6 Å². The van der Waals surface area contributed by atoms with E-state index in [-0.39, 0.29) is 36.4 Å². The summed E-state index contributed by atoms with van der Waals surface area (Å²) in [6.07, 6.45) is -0.804. The van der Waals surface area contributed by atoms with E-state index in [1.807, 2.05) is 0 Å². The van der Waals surface area contributed by atoms with Crippen LogP contribution in [0.2, 0.25) is 5.02 Å². The zero-order valence-corrected chi connectivity index (χ0v) is 23.2. The van der Waals surface area contributed by atoms with Gasteiger partial charge < -0.3 is 26.0 Å². The van der Waals surface area contributed by atoms with Gasteiger partial charge in [0.15, 0.2) is 4.93 Å². The first-order valence-electron chi connectivity index (χ1n) is 12.7. The van der Waals surface area contributed by atoms with E-state index in [0.717, 1.165) is 6.07 Å². The second-order valence-corrected chi connectivity index (χ2v) is 13.3. The number of hydrogen-bond acceptors (Lipinski definition) is 7. The largest absolute Gasteiger partial charge is 0.392 e. The van der Waals surface area contributed by atoms with Crippen molar-refractivity contribution in [1.29, 1.82) is 0 Å². The van der Waals surface area contributed by atoms with Crippen molar-refractivity contribution in [1.82, 2.24) is 5.32 Å². The number of rotatable bonds is 8. The zero-order chi connectivity index (χ0) is 28.8. The third kappa shape index (κ3) is 5.69. The number of carbonyl (C=O) groups is 2. The van der Waals surface area contributed by atoms with Crippen LogP contribution in [0.15, 0.2) is 41.3 Å². The quantitative estimate of drug-likeness (QED) is 0.321. The van der Waals surface area contributed by atoms with Crippen molar-refractivity contribution in [2.75, 3.05) is 11.9 Å².